The number of nitrogens with zero attached hydrogens (tertiary/aromatic N) is 1. The molecule has 1 aromatic rings. The van der Waals surface area contributed by atoms with Gasteiger partial charge in [0.05, 0.1) is 12.3 Å². The number of carbonyl (C=O) groups is 1. The number of aliphatic hydroxyl groups excluding tert-OH is 1. The van der Waals surface area contributed by atoms with E-state index >= 15 is 0 Å². The van der Waals surface area contributed by atoms with Crippen molar-refractivity contribution >= 4 is 33.2 Å². The molecular formula is C12H16BrN3O2. The third kappa shape index (κ3) is 2.23. The molecule has 0 aromatic heterocycles. The summed E-state index contributed by atoms with van der Waals surface area (Å²) in [5.41, 5.74) is 8.29. The second-order valence-corrected chi connectivity index (χ2v) is 5.02. The minimum atomic E-state index is -0.599. The normalized spacial score (nSPS) is 17.6. The van der Waals surface area contributed by atoms with Crippen molar-refractivity contribution in [1.29, 1.82) is 0 Å². The number of hydrogen-bond donors (Lipinski definition) is 3. The van der Waals surface area contributed by atoms with Gasteiger partial charge in [0.15, 0.2) is 0 Å². The molecule has 0 saturated heterocycles. The van der Waals surface area contributed by atoms with E-state index in [4.69, 9.17) is 10.8 Å². The number of likely N-dealkylation sites (N-methyl/N-ethyl adjacent to an activating group) is 1. The fourth-order valence-electron chi connectivity index (χ4n) is 2.11. The van der Waals surface area contributed by atoms with Crippen LogP contribution in [0.1, 0.15) is 18.5 Å². The number of anilines is 2. The number of nitrogens with one attached hydrogen (secondary N) is 1. The summed E-state index contributed by atoms with van der Waals surface area (Å²) in [4.78, 5) is 13.5. The Kier molecular flexibility index (Phi) is 3.89. The zero-order chi connectivity index (χ0) is 13.3. The van der Waals surface area contributed by atoms with Crippen molar-refractivity contribution < 1.29 is 9.90 Å². The van der Waals surface area contributed by atoms with E-state index in [1.165, 1.54) is 0 Å². The number of carbonyl (C=O) groups excluding carboxylic acids is 1. The summed E-state index contributed by atoms with van der Waals surface area (Å²) in [6.07, 6.45) is 0. The second-order valence-electron chi connectivity index (χ2n) is 4.16. The number of amides is 1. The second kappa shape index (κ2) is 5.26. The van der Waals surface area contributed by atoms with Crippen LogP contribution >= 0.6 is 15.9 Å². The Morgan fingerprint density at radius 1 is 1.56 bits per heavy atom. The van der Waals surface area contributed by atoms with E-state index in [0.717, 1.165) is 28.0 Å². The molecule has 0 bridgehead atoms. The van der Waals surface area contributed by atoms with Gasteiger partial charge in [-0.3, -0.25) is 4.79 Å². The number of nitrogens with two attached hydrogens (primary N) is 1. The van der Waals surface area contributed by atoms with Gasteiger partial charge in [0.2, 0.25) is 5.91 Å². The Hall–Kier alpha value is -1.11. The van der Waals surface area contributed by atoms with Gasteiger partial charge in [0.25, 0.3) is 0 Å². The smallest absolute Gasteiger partial charge is 0.245 e. The lowest BCUT2D eigenvalue weighted by Gasteiger charge is -2.24. The van der Waals surface area contributed by atoms with Crippen LogP contribution in [0.2, 0.25) is 0 Å². The topological polar surface area (TPSA) is 78.6 Å². The first-order valence-electron chi connectivity index (χ1n) is 5.84. The Morgan fingerprint density at radius 2 is 2.28 bits per heavy atom. The third-order valence-corrected chi connectivity index (χ3v) is 3.72. The van der Waals surface area contributed by atoms with Crippen LogP contribution in [0.15, 0.2) is 16.6 Å². The highest BCUT2D eigenvalue weighted by Gasteiger charge is 2.28. The lowest BCUT2D eigenvalue weighted by Crippen LogP contribution is -2.26. The van der Waals surface area contributed by atoms with E-state index in [9.17, 15) is 4.79 Å². The van der Waals surface area contributed by atoms with Crippen LogP contribution in [0.3, 0.4) is 0 Å². The van der Waals surface area contributed by atoms with Gasteiger partial charge in [-0.1, -0.05) is 0 Å². The van der Waals surface area contributed by atoms with Crippen LogP contribution < -0.4 is 16.0 Å². The SMILES string of the molecule is CCN(CCO)c1cc2c(cc1Br)C(N)C(=O)N2. The molecule has 2 rings (SSSR count). The van der Waals surface area contributed by atoms with Gasteiger partial charge in [-0.05, 0) is 35.0 Å². The summed E-state index contributed by atoms with van der Waals surface area (Å²) in [6, 6.07) is 3.16. The molecule has 6 heteroatoms. The number of benzene rings is 1. The summed E-state index contributed by atoms with van der Waals surface area (Å²) in [7, 11) is 0. The van der Waals surface area contributed by atoms with Crippen LogP contribution in [0.4, 0.5) is 11.4 Å². The molecule has 0 saturated carbocycles. The minimum Gasteiger partial charge on any atom is -0.395 e. The molecule has 1 heterocycles. The van der Waals surface area contributed by atoms with Crippen molar-refractivity contribution in [3.8, 4) is 0 Å². The first-order chi connectivity index (χ1) is 8.58. The van der Waals surface area contributed by atoms with E-state index in [1.54, 1.807) is 0 Å². The van der Waals surface area contributed by atoms with Crippen LogP contribution in [0, 0.1) is 0 Å². The van der Waals surface area contributed by atoms with Crippen molar-refractivity contribution in [3.63, 3.8) is 0 Å². The van der Waals surface area contributed by atoms with Crippen molar-refractivity contribution in [1.82, 2.24) is 0 Å². The number of fused-ring (bicyclic) bond motifs is 1. The lowest BCUT2D eigenvalue weighted by molar-refractivity contribution is -0.116. The van der Waals surface area contributed by atoms with E-state index in [-0.39, 0.29) is 12.5 Å². The maximum absolute atomic E-state index is 11.5. The lowest BCUT2D eigenvalue weighted by atomic mass is 10.1. The zero-order valence-corrected chi connectivity index (χ0v) is 11.7. The first kappa shape index (κ1) is 13.3. The molecule has 1 amide bonds. The average molecular weight is 314 g/mol. The Balaban J connectivity index is 2.40. The van der Waals surface area contributed by atoms with E-state index in [0.29, 0.717) is 6.54 Å². The molecule has 1 atom stereocenters. The highest BCUT2D eigenvalue weighted by Crippen LogP contribution is 2.38. The quantitative estimate of drug-likeness (QED) is 0.781. The standard InChI is InChI=1S/C12H16BrN3O2/c1-2-16(3-4-17)10-6-9-7(5-8(10)13)11(14)12(18)15-9/h5-6,11,17H,2-4,14H2,1H3,(H,15,18). The molecule has 18 heavy (non-hydrogen) atoms. The van der Waals surface area contributed by atoms with E-state index < -0.39 is 6.04 Å². The van der Waals surface area contributed by atoms with Crippen LogP contribution in [-0.2, 0) is 4.79 Å². The van der Waals surface area contributed by atoms with Gasteiger partial charge in [-0.25, -0.2) is 0 Å². The molecule has 0 fully saturated rings. The molecule has 0 aliphatic carbocycles. The monoisotopic (exact) mass is 313 g/mol. The maximum atomic E-state index is 11.5. The highest BCUT2D eigenvalue weighted by molar-refractivity contribution is 9.10. The first-order valence-corrected chi connectivity index (χ1v) is 6.63. The number of aliphatic hydroxyl groups is 1. The van der Waals surface area contributed by atoms with E-state index in [2.05, 4.69) is 21.2 Å². The van der Waals surface area contributed by atoms with Gasteiger partial charge < -0.3 is 21.1 Å². The average Bonchev–Trinajstić information content (AvgIpc) is 2.62. The zero-order valence-electron chi connectivity index (χ0n) is 10.1. The Bertz CT molecular complexity index is 479. The van der Waals surface area contributed by atoms with E-state index in [1.807, 2.05) is 24.0 Å². The van der Waals surface area contributed by atoms with Crippen LogP contribution in [-0.4, -0.2) is 30.7 Å². The fraction of sp³-hybridized carbons (Fsp3) is 0.417. The van der Waals surface area contributed by atoms with Crippen molar-refractivity contribution in [3.05, 3.63) is 22.2 Å². The molecule has 5 nitrogen and oxygen atoms in total. The largest absolute Gasteiger partial charge is 0.395 e. The molecule has 1 aromatic carbocycles. The molecule has 0 radical (unpaired) electrons. The van der Waals surface area contributed by atoms with Crippen molar-refractivity contribution in [2.45, 2.75) is 13.0 Å². The van der Waals surface area contributed by atoms with Gasteiger partial charge in [-0.15, -0.1) is 0 Å². The number of halogens is 1. The van der Waals surface area contributed by atoms with Gasteiger partial charge >= 0.3 is 0 Å². The molecule has 1 aliphatic heterocycles. The third-order valence-electron chi connectivity index (χ3n) is 3.09. The van der Waals surface area contributed by atoms with Gasteiger partial charge in [-0.2, -0.15) is 0 Å². The highest BCUT2D eigenvalue weighted by atomic mass is 79.9. The number of rotatable bonds is 4. The molecule has 4 N–H and O–H groups in total. The predicted octanol–water partition coefficient (Wildman–Crippen LogP) is 1.22. The summed E-state index contributed by atoms with van der Waals surface area (Å²) in [5.74, 6) is -0.181. The molecular weight excluding hydrogens is 298 g/mol. The van der Waals surface area contributed by atoms with Crippen LogP contribution in [0.25, 0.3) is 0 Å². The van der Waals surface area contributed by atoms with Gasteiger partial charge in [0, 0.05) is 28.8 Å². The Morgan fingerprint density at radius 3 is 2.89 bits per heavy atom. The van der Waals surface area contributed by atoms with Crippen molar-refractivity contribution in [2.75, 3.05) is 29.9 Å². The molecule has 1 unspecified atom stereocenters. The van der Waals surface area contributed by atoms with Crippen molar-refractivity contribution in [2.24, 2.45) is 5.73 Å². The van der Waals surface area contributed by atoms with Crippen LogP contribution in [0.5, 0.6) is 0 Å². The maximum Gasteiger partial charge on any atom is 0.245 e. The molecule has 1 aliphatic rings. The van der Waals surface area contributed by atoms with Gasteiger partial charge in [0.1, 0.15) is 6.04 Å². The molecule has 98 valence electrons. The molecule has 0 spiro atoms. The number of hydrogen-bond acceptors (Lipinski definition) is 4. The summed E-state index contributed by atoms with van der Waals surface area (Å²) >= 11 is 3.49. The fourth-order valence-corrected chi connectivity index (χ4v) is 2.72. The summed E-state index contributed by atoms with van der Waals surface area (Å²) < 4.78 is 0.878. The minimum absolute atomic E-state index is 0.0865. The predicted molar refractivity (Wildman–Crippen MR) is 74.7 cm³/mol. The summed E-state index contributed by atoms with van der Waals surface area (Å²) in [6.45, 7) is 3.43. The summed E-state index contributed by atoms with van der Waals surface area (Å²) in [5, 5.41) is 11.8. The Labute approximate surface area is 114 Å².